The van der Waals surface area contributed by atoms with Gasteiger partial charge in [0.15, 0.2) is 0 Å². The molecule has 30 heavy (non-hydrogen) atoms. The van der Waals surface area contributed by atoms with Crippen LogP contribution in [-0.2, 0) is 19.2 Å². The molecule has 0 saturated carbocycles. The number of carbonyl (C=O) groups is 4. The van der Waals surface area contributed by atoms with Crippen molar-refractivity contribution < 1.29 is 67.0 Å². The van der Waals surface area contributed by atoms with E-state index in [1.54, 1.807) is 0 Å². The third-order valence-corrected chi connectivity index (χ3v) is 5.95. The van der Waals surface area contributed by atoms with Crippen LogP contribution in [-0.4, -0.2) is 76.3 Å². The monoisotopic (exact) mass is 435 g/mol. The molecule has 0 radical (unpaired) electrons. The number of nitrogens with zero attached hydrogens (tertiary/aromatic N) is 3. The van der Waals surface area contributed by atoms with Crippen molar-refractivity contribution in [3.05, 3.63) is 22.9 Å². The molecule has 0 aromatic rings. The molecule has 4 aliphatic heterocycles. The Morgan fingerprint density at radius 1 is 1.27 bits per heavy atom. The van der Waals surface area contributed by atoms with Gasteiger partial charge in [-0.25, -0.2) is 0 Å². The smallest absolute Gasteiger partial charge is 0.543 e. The molecule has 4 rings (SSSR count). The SMILES string of the molecule is CC(=O)N1C(=O)CC2C(/C=C3\CCN(CC(F)(F)F)C3=O)=C(C(=O)[O-])N3C[C@H]1[C@@H]23.[Na+]. The number of hydrogen-bond donors (Lipinski definition) is 0. The van der Waals surface area contributed by atoms with Crippen LogP contribution in [0.25, 0.3) is 0 Å². The molecule has 3 amide bonds. The topological polar surface area (TPSA) is 101 Å². The van der Waals surface area contributed by atoms with E-state index in [9.17, 15) is 37.5 Å². The second kappa shape index (κ2) is 7.69. The molecule has 3 atom stereocenters. The van der Waals surface area contributed by atoms with Crippen molar-refractivity contribution in [1.29, 1.82) is 0 Å². The summed E-state index contributed by atoms with van der Waals surface area (Å²) in [6.07, 6.45) is -3.29. The molecule has 4 heterocycles. The van der Waals surface area contributed by atoms with Gasteiger partial charge >= 0.3 is 35.7 Å². The number of carboxylic acids is 1. The van der Waals surface area contributed by atoms with Gasteiger partial charge in [0.2, 0.25) is 17.7 Å². The maximum absolute atomic E-state index is 12.6. The summed E-state index contributed by atoms with van der Waals surface area (Å²) in [4.78, 5) is 51.6. The van der Waals surface area contributed by atoms with E-state index in [1.807, 2.05) is 0 Å². The van der Waals surface area contributed by atoms with Crippen LogP contribution in [0.3, 0.4) is 0 Å². The first-order chi connectivity index (χ1) is 13.5. The molecule has 1 unspecified atom stereocenters. The van der Waals surface area contributed by atoms with E-state index in [1.165, 1.54) is 17.9 Å². The van der Waals surface area contributed by atoms with Gasteiger partial charge in [0.05, 0.1) is 23.8 Å². The average molecular weight is 435 g/mol. The van der Waals surface area contributed by atoms with Gasteiger partial charge in [-0.3, -0.25) is 19.3 Å². The quantitative estimate of drug-likeness (QED) is 0.333. The number of piperidine rings is 1. The van der Waals surface area contributed by atoms with Crippen LogP contribution in [0.15, 0.2) is 22.9 Å². The normalized spacial score (nSPS) is 29.3. The molecule has 0 aromatic carbocycles. The number of alkyl halides is 3. The van der Waals surface area contributed by atoms with Gasteiger partial charge in [-0.1, -0.05) is 0 Å². The van der Waals surface area contributed by atoms with E-state index in [2.05, 4.69) is 0 Å². The van der Waals surface area contributed by atoms with Crippen molar-refractivity contribution in [1.82, 2.24) is 14.7 Å². The number of carboxylic acid groups (broad SMARTS) is 1. The summed E-state index contributed by atoms with van der Waals surface area (Å²) in [5.41, 5.74) is 0.124. The number of amides is 3. The third kappa shape index (κ3) is 3.56. The Kier molecular flexibility index (Phi) is 5.85. The van der Waals surface area contributed by atoms with Crippen LogP contribution in [0.2, 0.25) is 0 Å². The van der Waals surface area contributed by atoms with E-state index < -0.39 is 54.4 Å². The molecule has 4 aliphatic rings. The van der Waals surface area contributed by atoms with Crippen molar-refractivity contribution in [2.45, 2.75) is 38.0 Å². The van der Waals surface area contributed by atoms with E-state index in [-0.39, 0.29) is 72.3 Å². The van der Waals surface area contributed by atoms with Crippen molar-refractivity contribution in [3.8, 4) is 0 Å². The van der Waals surface area contributed by atoms with Crippen LogP contribution in [0.5, 0.6) is 0 Å². The minimum absolute atomic E-state index is 0. The van der Waals surface area contributed by atoms with E-state index in [0.717, 1.165) is 4.90 Å². The van der Waals surface area contributed by atoms with Crippen LogP contribution in [0.1, 0.15) is 19.8 Å². The number of likely N-dealkylation sites (tertiary alicyclic amines) is 2. The van der Waals surface area contributed by atoms with Gasteiger partial charge < -0.3 is 19.7 Å². The fourth-order valence-corrected chi connectivity index (χ4v) is 4.86. The van der Waals surface area contributed by atoms with Gasteiger partial charge in [0.1, 0.15) is 6.54 Å². The summed E-state index contributed by atoms with van der Waals surface area (Å²) >= 11 is 0. The molecule has 12 heteroatoms. The van der Waals surface area contributed by atoms with Crippen molar-refractivity contribution >= 4 is 23.7 Å². The Morgan fingerprint density at radius 2 is 1.93 bits per heavy atom. The molecule has 0 aromatic heterocycles. The summed E-state index contributed by atoms with van der Waals surface area (Å²) in [6.45, 7) is -0.0771. The van der Waals surface area contributed by atoms with Crippen LogP contribution in [0, 0.1) is 5.92 Å². The van der Waals surface area contributed by atoms with E-state index in [0.29, 0.717) is 4.90 Å². The molecule has 8 nitrogen and oxygen atoms in total. The Hall–Kier alpha value is -1.85. The number of halogens is 3. The number of aliphatic carboxylic acids is 1. The minimum atomic E-state index is -4.53. The second-order valence-corrected chi connectivity index (χ2v) is 7.66. The molecule has 0 spiro atoms. The molecular weight excluding hydrogens is 418 g/mol. The Bertz CT molecular complexity index is 900. The van der Waals surface area contributed by atoms with Crippen LogP contribution in [0.4, 0.5) is 13.2 Å². The number of imide groups is 1. The molecule has 3 saturated heterocycles. The summed E-state index contributed by atoms with van der Waals surface area (Å²) in [6, 6.07) is -0.885. The van der Waals surface area contributed by atoms with Gasteiger partial charge in [0.25, 0.3) is 0 Å². The first-order valence-electron chi connectivity index (χ1n) is 9.11. The first kappa shape index (κ1) is 22.8. The van der Waals surface area contributed by atoms with Crippen molar-refractivity contribution in [2.75, 3.05) is 19.6 Å². The van der Waals surface area contributed by atoms with Crippen LogP contribution < -0.4 is 34.7 Å². The zero-order valence-electron chi connectivity index (χ0n) is 16.4. The zero-order chi connectivity index (χ0) is 21.2. The fraction of sp³-hybridized carbons (Fsp3) is 0.556. The van der Waals surface area contributed by atoms with Crippen LogP contribution >= 0.6 is 0 Å². The van der Waals surface area contributed by atoms with Crippen molar-refractivity contribution in [3.63, 3.8) is 0 Å². The predicted octanol–water partition coefficient (Wildman–Crippen LogP) is -3.82. The molecule has 0 aliphatic carbocycles. The number of allylic oxidation sites excluding steroid dienone is 1. The molecule has 3 fully saturated rings. The van der Waals surface area contributed by atoms with Gasteiger partial charge in [-0.05, 0) is 18.1 Å². The van der Waals surface area contributed by atoms with Gasteiger partial charge in [-0.15, -0.1) is 0 Å². The van der Waals surface area contributed by atoms with Crippen molar-refractivity contribution in [2.24, 2.45) is 5.92 Å². The number of rotatable bonds is 3. The molecule has 0 N–H and O–H groups in total. The van der Waals surface area contributed by atoms with Gasteiger partial charge in [0, 0.05) is 37.9 Å². The largest absolute Gasteiger partial charge is 1.00 e. The summed E-state index contributed by atoms with van der Waals surface area (Å²) in [5, 5.41) is 11.7. The third-order valence-electron chi connectivity index (χ3n) is 5.95. The average Bonchev–Trinajstić information content (AvgIpc) is 3.02. The minimum Gasteiger partial charge on any atom is -0.543 e. The summed E-state index contributed by atoms with van der Waals surface area (Å²) in [7, 11) is 0. The maximum Gasteiger partial charge on any atom is 1.00 e. The Morgan fingerprint density at radius 3 is 2.50 bits per heavy atom. The zero-order valence-corrected chi connectivity index (χ0v) is 18.4. The van der Waals surface area contributed by atoms with E-state index >= 15 is 0 Å². The number of carbonyl (C=O) groups excluding carboxylic acids is 4. The summed E-state index contributed by atoms with van der Waals surface area (Å²) < 4.78 is 37.9. The second-order valence-electron chi connectivity index (χ2n) is 7.66. The maximum atomic E-state index is 12.6. The molecule has 0 bridgehead atoms. The number of hydrogen-bond acceptors (Lipinski definition) is 6. The standard InChI is InChI=1S/C18H18F3N3O5.Na/c1-8(25)24-12-6-23-14(12)11(5-13(24)26)10(15(23)17(28)29)4-9-2-3-22(16(9)27)7-18(19,20)21;/h4,11-12,14H,2-3,5-7H2,1H3,(H,28,29);/q;+1/p-1/b9-4+;/t11?,12-,14+;/m0./s1. The predicted molar refractivity (Wildman–Crippen MR) is 87.3 cm³/mol. The first-order valence-corrected chi connectivity index (χ1v) is 9.11. The van der Waals surface area contributed by atoms with Gasteiger partial charge in [-0.2, -0.15) is 13.2 Å². The Balaban J connectivity index is 0.00000256. The molecule has 156 valence electrons. The summed E-state index contributed by atoms with van der Waals surface area (Å²) in [5.74, 6) is -3.69. The fourth-order valence-electron chi connectivity index (χ4n) is 4.86. The molecular formula is C18H17F3N3NaO5. The Labute approximate surface area is 191 Å². The van der Waals surface area contributed by atoms with E-state index in [4.69, 9.17) is 0 Å².